The van der Waals surface area contributed by atoms with Gasteiger partial charge in [-0.15, -0.1) is 0 Å². The number of aliphatic carboxylic acids is 1. The zero-order valence-corrected chi connectivity index (χ0v) is 20.8. The van der Waals surface area contributed by atoms with Crippen LogP contribution in [0.2, 0.25) is 5.02 Å². The van der Waals surface area contributed by atoms with E-state index in [4.69, 9.17) is 26.2 Å². The maximum Gasteiger partial charge on any atom is 0.303 e. The Morgan fingerprint density at radius 1 is 1.12 bits per heavy atom. The summed E-state index contributed by atoms with van der Waals surface area (Å²) in [5.41, 5.74) is 0.497. The van der Waals surface area contributed by atoms with Gasteiger partial charge in [0.25, 0.3) is 0 Å². The minimum atomic E-state index is -0.958. The molecule has 186 valence electrons. The van der Waals surface area contributed by atoms with Crippen LogP contribution in [0.15, 0.2) is 30.3 Å². The normalized spacial score (nSPS) is 12.3. The van der Waals surface area contributed by atoms with Gasteiger partial charge in [0, 0.05) is 23.5 Å². The highest BCUT2D eigenvalue weighted by Crippen LogP contribution is 2.38. The molecule has 0 bridgehead atoms. The molecule has 3 N–H and O–H groups in total. The molecule has 0 fully saturated rings. The van der Waals surface area contributed by atoms with Crippen LogP contribution in [-0.4, -0.2) is 40.3 Å². The average Bonchev–Trinajstić information content (AvgIpc) is 2.74. The van der Waals surface area contributed by atoms with Gasteiger partial charge in [-0.1, -0.05) is 50.9 Å². The molecule has 2 rings (SSSR count). The molecule has 0 aromatic heterocycles. The second-order valence-electron chi connectivity index (χ2n) is 8.95. The van der Waals surface area contributed by atoms with Gasteiger partial charge >= 0.3 is 5.97 Å². The lowest BCUT2D eigenvalue weighted by atomic mass is 9.80. The number of halogens is 1. The third-order valence-electron chi connectivity index (χ3n) is 5.53. The lowest BCUT2D eigenvalue weighted by molar-refractivity contribution is -0.141. The molecule has 2 aromatic carbocycles. The summed E-state index contributed by atoms with van der Waals surface area (Å²) in [6, 6.07) is 8.47. The number of carbonyl (C=O) groups is 2. The van der Waals surface area contributed by atoms with Crippen LogP contribution in [0.5, 0.6) is 17.2 Å². The molecule has 0 aliphatic rings. The van der Waals surface area contributed by atoms with Gasteiger partial charge in [0.05, 0.1) is 36.3 Å². The number of hydrogen-bond acceptors (Lipinski definition) is 6. The molecule has 1 unspecified atom stereocenters. The van der Waals surface area contributed by atoms with Crippen LogP contribution in [-0.2, 0) is 11.2 Å². The zero-order valence-electron chi connectivity index (χ0n) is 20.1. The SMILES string of the molecule is CCCc1c(OCCCOc2ccc(C(O)C(C)(C)CC(=O)O)cc2)cc(Cl)c(C(C)=O)c1O. The first-order valence-corrected chi connectivity index (χ1v) is 11.7. The Morgan fingerprint density at radius 2 is 1.74 bits per heavy atom. The predicted molar refractivity (Wildman–Crippen MR) is 130 cm³/mol. The number of Topliss-reactive ketones (excluding diaryl/α,β-unsaturated/α-hetero) is 1. The van der Waals surface area contributed by atoms with Crippen LogP contribution >= 0.6 is 11.6 Å². The highest BCUT2D eigenvalue weighted by molar-refractivity contribution is 6.34. The summed E-state index contributed by atoms with van der Waals surface area (Å²) in [6.45, 7) is 7.45. The number of phenols is 1. The molecule has 0 saturated heterocycles. The smallest absolute Gasteiger partial charge is 0.303 e. The van der Waals surface area contributed by atoms with Gasteiger partial charge in [-0.2, -0.15) is 0 Å². The summed E-state index contributed by atoms with van der Waals surface area (Å²) in [4.78, 5) is 22.8. The van der Waals surface area contributed by atoms with Gasteiger partial charge in [-0.3, -0.25) is 9.59 Å². The van der Waals surface area contributed by atoms with Crippen molar-refractivity contribution in [2.45, 2.75) is 59.5 Å². The molecular weight excluding hydrogens is 460 g/mol. The van der Waals surface area contributed by atoms with Crippen molar-refractivity contribution in [3.05, 3.63) is 52.0 Å². The lowest BCUT2D eigenvalue weighted by Gasteiger charge is -2.29. The van der Waals surface area contributed by atoms with E-state index in [0.29, 0.717) is 48.7 Å². The number of aromatic hydroxyl groups is 1. The van der Waals surface area contributed by atoms with E-state index in [1.54, 1.807) is 44.2 Å². The number of ether oxygens (including phenoxy) is 2. The number of rotatable bonds is 13. The number of benzene rings is 2. The number of ketones is 1. The van der Waals surface area contributed by atoms with Crippen molar-refractivity contribution in [1.29, 1.82) is 0 Å². The Kier molecular flexibility index (Phi) is 9.77. The van der Waals surface area contributed by atoms with E-state index in [2.05, 4.69) is 0 Å². The van der Waals surface area contributed by atoms with E-state index in [1.807, 2.05) is 6.92 Å². The van der Waals surface area contributed by atoms with Crippen LogP contribution in [0, 0.1) is 5.41 Å². The quantitative estimate of drug-likeness (QED) is 0.247. The summed E-state index contributed by atoms with van der Waals surface area (Å²) in [5.74, 6) is -0.312. The van der Waals surface area contributed by atoms with Gasteiger partial charge < -0.3 is 24.8 Å². The molecule has 0 amide bonds. The molecule has 34 heavy (non-hydrogen) atoms. The number of phenolic OH excluding ortho intramolecular Hbond substituents is 1. The van der Waals surface area contributed by atoms with E-state index in [9.17, 15) is 19.8 Å². The van der Waals surface area contributed by atoms with Crippen molar-refractivity contribution in [2.75, 3.05) is 13.2 Å². The fourth-order valence-corrected chi connectivity index (χ4v) is 4.05. The van der Waals surface area contributed by atoms with Gasteiger partial charge in [0.15, 0.2) is 5.78 Å². The van der Waals surface area contributed by atoms with Crippen molar-refractivity contribution in [3.8, 4) is 17.2 Å². The molecule has 0 aliphatic heterocycles. The standard InChI is InChI=1S/C26H33ClO7/c1-5-7-19-21(14-20(27)23(16(2)28)24(19)31)34-13-6-12-33-18-10-8-17(9-11-18)25(32)26(3,4)15-22(29)30/h8-11,14,25,31-32H,5-7,12-13,15H2,1-4H3,(H,29,30). The second-order valence-corrected chi connectivity index (χ2v) is 9.35. The van der Waals surface area contributed by atoms with E-state index < -0.39 is 17.5 Å². The Bertz CT molecular complexity index is 999. The fraction of sp³-hybridized carbons (Fsp3) is 0.462. The molecule has 7 nitrogen and oxygen atoms in total. The molecule has 0 saturated carbocycles. The first kappa shape index (κ1) is 27.5. The summed E-state index contributed by atoms with van der Waals surface area (Å²) in [6.07, 6.45) is 0.822. The van der Waals surface area contributed by atoms with Gasteiger partial charge in [0.1, 0.15) is 17.2 Å². The molecule has 2 aromatic rings. The summed E-state index contributed by atoms with van der Waals surface area (Å²) in [7, 11) is 0. The second kappa shape index (κ2) is 12.1. The molecule has 0 radical (unpaired) electrons. The maximum absolute atomic E-state index is 11.8. The van der Waals surface area contributed by atoms with E-state index in [-0.39, 0.29) is 28.5 Å². The number of aliphatic hydroxyl groups excluding tert-OH is 1. The first-order valence-electron chi connectivity index (χ1n) is 11.3. The predicted octanol–water partition coefficient (Wildman–Crippen LogP) is 5.58. The zero-order chi connectivity index (χ0) is 25.5. The molecule has 1 atom stereocenters. The third-order valence-corrected chi connectivity index (χ3v) is 5.82. The topological polar surface area (TPSA) is 113 Å². The Morgan fingerprint density at radius 3 is 2.29 bits per heavy atom. The van der Waals surface area contributed by atoms with Crippen LogP contribution in [0.3, 0.4) is 0 Å². The number of carboxylic acids is 1. The average molecular weight is 493 g/mol. The molecular formula is C26H33ClO7. The third kappa shape index (κ3) is 7.11. The summed E-state index contributed by atoms with van der Waals surface area (Å²) >= 11 is 6.18. The summed E-state index contributed by atoms with van der Waals surface area (Å²) < 4.78 is 11.6. The molecule has 0 aliphatic carbocycles. The number of carbonyl (C=O) groups excluding carboxylic acids is 1. The highest BCUT2D eigenvalue weighted by Gasteiger charge is 2.31. The van der Waals surface area contributed by atoms with Gasteiger partial charge in [-0.25, -0.2) is 0 Å². The number of carboxylic acid groups (broad SMARTS) is 1. The van der Waals surface area contributed by atoms with Crippen molar-refractivity contribution in [2.24, 2.45) is 5.41 Å². The Hall–Kier alpha value is -2.77. The monoisotopic (exact) mass is 492 g/mol. The molecule has 0 heterocycles. The molecule has 0 spiro atoms. The van der Waals surface area contributed by atoms with Crippen LogP contribution in [0.25, 0.3) is 0 Å². The number of hydrogen-bond donors (Lipinski definition) is 3. The van der Waals surface area contributed by atoms with E-state index >= 15 is 0 Å². The van der Waals surface area contributed by atoms with Crippen molar-refractivity contribution >= 4 is 23.4 Å². The minimum absolute atomic E-state index is 0.112. The van der Waals surface area contributed by atoms with Crippen molar-refractivity contribution in [1.82, 2.24) is 0 Å². The van der Waals surface area contributed by atoms with Crippen molar-refractivity contribution in [3.63, 3.8) is 0 Å². The van der Waals surface area contributed by atoms with E-state index in [1.165, 1.54) is 6.92 Å². The van der Waals surface area contributed by atoms with Crippen LogP contribution < -0.4 is 9.47 Å². The maximum atomic E-state index is 11.8. The lowest BCUT2D eigenvalue weighted by Crippen LogP contribution is -2.25. The fourth-order valence-electron chi connectivity index (χ4n) is 3.73. The van der Waals surface area contributed by atoms with Gasteiger partial charge in [0.2, 0.25) is 0 Å². The van der Waals surface area contributed by atoms with Crippen molar-refractivity contribution < 1.29 is 34.4 Å². The largest absolute Gasteiger partial charge is 0.507 e. The highest BCUT2D eigenvalue weighted by atomic mass is 35.5. The minimum Gasteiger partial charge on any atom is -0.507 e. The molecule has 8 heteroatoms. The van der Waals surface area contributed by atoms with Crippen LogP contribution in [0.1, 0.15) is 74.5 Å². The Labute approximate surface area is 205 Å². The van der Waals surface area contributed by atoms with Gasteiger partial charge in [-0.05, 0) is 31.0 Å². The van der Waals surface area contributed by atoms with Crippen LogP contribution in [0.4, 0.5) is 0 Å². The Balaban J connectivity index is 1.92. The first-order chi connectivity index (χ1) is 16.0. The van der Waals surface area contributed by atoms with E-state index in [0.717, 1.165) is 6.42 Å². The summed E-state index contributed by atoms with van der Waals surface area (Å²) in [5, 5.41) is 30.2. The number of aliphatic hydroxyl groups is 1.